The van der Waals surface area contributed by atoms with Gasteiger partial charge in [-0.3, -0.25) is 14.4 Å². The number of hydrogen-bond acceptors (Lipinski definition) is 8. The number of ether oxygens (including phenoxy) is 1. The van der Waals surface area contributed by atoms with Gasteiger partial charge >= 0.3 is 0 Å². The average Bonchev–Trinajstić information content (AvgIpc) is 3.20. The van der Waals surface area contributed by atoms with Crippen LogP contribution in [-0.2, 0) is 14.8 Å². The third-order valence-electron chi connectivity index (χ3n) is 3.97. The van der Waals surface area contributed by atoms with E-state index in [9.17, 15) is 13.2 Å². The molecular formula is C20H22N4O4S3. The van der Waals surface area contributed by atoms with Crippen molar-refractivity contribution < 1.29 is 17.9 Å². The van der Waals surface area contributed by atoms with Gasteiger partial charge in [0.1, 0.15) is 12.3 Å². The van der Waals surface area contributed by atoms with Crippen molar-refractivity contribution in [3.63, 3.8) is 0 Å². The summed E-state index contributed by atoms with van der Waals surface area (Å²) in [6, 6.07) is 14.6. The van der Waals surface area contributed by atoms with Gasteiger partial charge < -0.3 is 4.74 Å². The van der Waals surface area contributed by atoms with Crippen LogP contribution in [-0.4, -0.2) is 43.4 Å². The summed E-state index contributed by atoms with van der Waals surface area (Å²) in [6.07, 6.45) is 0. The van der Waals surface area contributed by atoms with E-state index < -0.39 is 22.5 Å². The van der Waals surface area contributed by atoms with E-state index in [1.54, 1.807) is 42.5 Å². The largest absolute Gasteiger partial charge is 0.494 e. The highest BCUT2D eigenvalue weighted by molar-refractivity contribution is 8.01. The van der Waals surface area contributed by atoms with Crippen LogP contribution in [0.15, 0.2) is 63.8 Å². The highest BCUT2D eigenvalue weighted by atomic mass is 32.2. The second kappa shape index (κ2) is 10.6. The number of hydrogen-bond donors (Lipinski definition) is 1. The molecule has 8 nitrogen and oxygen atoms in total. The first kappa shape index (κ1) is 23.0. The summed E-state index contributed by atoms with van der Waals surface area (Å²) in [7, 11) is -3.98. The van der Waals surface area contributed by atoms with E-state index in [-0.39, 0.29) is 4.90 Å². The lowest BCUT2D eigenvalue weighted by Gasteiger charge is -2.24. The Labute approximate surface area is 189 Å². The number of anilines is 2. The number of nitrogens with one attached hydrogen (secondary N) is 1. The maximum Gasteiger partial charge on any atom is 0.264 e. The molecule has 1 N–H and O–H groups in total. The van der Waals surface area contributed by atoms with E-state index in [1.807, 2.05) is 13.8 Å². The Hall–Kier alpha value is -2.63. The number of sulfonamides is 1. The van der Waals surface area contributed by atoms with E-state index in [1.165, 1.54) is 35.2 Å². The van der Waals surface area contributed by atoms with Crippen LogP contribution in [0.1, 0.15) is 13.8 Å². The van der Waals surface area contributed by atoms with Gasteiger partial charge in [-0.15, -0.1) is 10.2 Å². The Kier molecular flexibility index (Phi) is 7.88. The first-order valence-electron chi connectivity index (χ1n) is 9.50. The van der Waals surface area contributed by atoms with E-state index >= 15 is 0 Å². The van der Waals surface area contributed by atoms with Gasteiger partial charge in [-0.2, -0.15) is 0 Å². The van der Waals surface area contributed by atoms with Gasteiger partial charge in [-0.05, 0) is 49.1 Å². The Morgan fingerprint density at radius 2 is 1.81 bits per heavy atom. The second-order valence-electron chi connectivity index (χ2n) is 6.11. The molecule has 1 aromatic heterocycles. The number of thioether (sulfide) groups is 1. The fourth-order valence-corrected chi connectivity index (χ4v) is 5.75. The molecule has 0 unspecified atom stereocenters. The molecule has 1 amide bonds. The molecule has 3 rings (SSSR count). The zero-order valence-corrected chi connectivity index (χ0v) is 19.5. The SMILES string of the molecule is CCOc1ccc(N(CC(=O)Nc2nnc(SCC)s2)S(=O)(=O)c2ccccc2)cc1. The molecule has 0 saturated carbocycles. The summed E-state index contributed by atoms with van der Waals surface area (Å²) in [5.41, 5.74) is 0.349. The standard InChI is InChI=1S/C20H22N4O4S3/c1-3-28-16-12-10-15(11-13-16)24(31(26,27)17-8-6-5-7-9-17)14-18(25)21-19-22-23-20(30-19)29-4-2/h5-13H,3-4,14H2,1-2H3,(H,21,22,25). The normalized spacial score (nSPS) is 11.2. The monoisotopic (exact) mass is 478 g/mol. The minimum absolute atomic E-state index is 0.0919. The molecule has 11 heteroatoms. The second-order valence-corrected chi connectivity index (χ2v) is 10.5. The van der Waals surface area contributed by atoms with Gasteiger partial charge in [0.2, 0.25) is 11.0 Å². The van der Waals surface area contributed by atoms with Crippen molar-refractivity contribution in [3.8, 4) is 5.75 Å². The predicted octanol–water partition coefficient (Wildman–Crippen LogP) is 3.88. The summed E-state index contributed by atoms with van der Waals surface area (Å²) in [5.74, 6) is 0.934. The smallest absolute Gasteiger partial charge is 0.264 e. The van der Waals surface area contributed by atoms with Gasteiger partial charge in [0.05, 0.1) is 17.2 Å². The molecule has 0 spiro atoms. The minimum Gasteiger partial charge on any atom is -0.494 e. The molecule has 0 atom stereocenters. The van der Waals surface area contributed by atoms with Crippen molar-refractivity contribution in [2.24, 2.45) is 0 Å². The summed E-state index contributed by atoms with van der Waals surface area (Å²) >= 11 is 2.76. The lowest BCUT2D eigenvalue weighted by Crippen LogP contribution is -2.38. The van der Waals surface area contributed by atoms with Crippen molar-refractivity contribution >= 4 is 49.8 Å². The molecule has 3 aromatic rings. The first-order valence-corrected chi connectivity index (χ1v) is 12.7. The molecule has 0 fully saturated rings. The van der Waals surface area contributed by atoms with Crippen molar-refractivity contribution in [2.75, 3.05) is 28.5 Å². The molecule has 164 valence electrons. The molecule has 0 radical (unpaired) electrons. The van der Waals surface area contributed by atoms with E-state index in [4.69, 9.17) is 4.74 Å². The molecule has 31 heavy (non-hydrogen) atoms. The van der Waals surface area contributed by atoms with E-state index in [0.29, 0.717) is 23.2 Å². The number of benzene rings is 2. The summed E-state index contributed by atoms with van der Waals surface area (Å²) in [6.45, 7) is 3.94. The number of rotatable bonds is 10. The van der Waals surface area contributed by atoms with Crippen LogP contribution in [0.4, 0.5) is 10.8 Å². The molecule has 0 aliphatic heterocycles. The van der Waals surface area contributed by atoms with Crippen LogP contribution < -0.4 is 14.4 Å². The lowest BCUT2D eigenvalue weighted by molar-refractivity contribution is -0.114. The van der Waals surface area contributed by atoms with Crippen LogP contribution in [0, 0.1) is 0 Å². The average molecular weight is 479 g/mol. The van der Waals surface area contributed by atoms with Crippen molar-refractivity contribution in [1.82, 2.24) is 10.2 Å². The quantitative estimate of drug-likeness (QED) is 0.348. The molecule has 0 saturated heterocycles. The van der Waals surface area contributed by atoms with Crippen LogP contribution in [0.3, 0.4) is 0 Å². The van der Waals surface area contributed by atoms with Gasteiger partial charge in [0.25, 0.3) is 10.0 Å². The number of amides is 1. The van der Waals surface area contributed by atoms with Gasteiger partial charge in [-0.25, -0.2) is 8.42 Å². The molecule has 1 heterocycles. The maximum absolute atomic E-state index is 13.3. The number of nitrogens with zero attached hydrogens (tertiary/aromatic N) is 3. The summed E-state index contributed by atoms with van der Waals surface area (Å²) in [4.78, 5) is 12.8. The van der Waals surface area contributed by atoms with Crippen molar-refractivity contribution in [2.45, 2.75) is 23.1 Å². The minimum atomic E-state index is -3.98. The molecule has 0 bridgehead atoms. The molecular weight excluding hydrogens is 456 g/mol. The third kappa shape index (κ3) is 5.96. The maximum atomic E-state index is 13.3. The highest BCUT2D eigenvalue weighted by Gasteiger charge is 2.27. The van der Waals surface area contributed by atoms with Crippen molar-refractivity contribution in [1.29, 1.82) is 0 Å². The van der Waals surface area contributed by atoms with E-state index in [0.717, 1.165) is 14.4 Å². The molecule has 0 aliphatic carbocycles. The van der Waals surface area contributed by atoms with Crippen LogP contribution in [0.5, 0.6) is 5.75 Å². The van der Waals surface area contributed by atoms with E-state index in [2.05, 4.69) is 15.5 Å². The zero-order chi connectivity index (χ0) is 22.3. The summed E-state index contributed by atoms with van der Waals surface area (Å²) < 4.78 is 33.8. The Morgan fingerprint density at radius 1 is 1.10 bits per heavy atom. The van der Waals surface area contributed by atoms with Crippen molar-refractivity contribution in [3.05, 3.63) is 54.6 Å². The van der Waals surface area contributed by atoms with Crippen LogP contribution in [0.2, 0.25) is 0 Å². The molecule has 0 aliphatic rings. The Balaban J connectivity index is 1.87. The van der Waals surface area contributed by atoms with Crippen LogP contribution in [0.25, 0.3) is 0 Å². The molecule has 2 aromatic carbocycles. The summed E-state index contributed by atoms with van der Waals surface area (Å²) in [5, 5.41) is 10.9. The lowest BCUT2D eigenvalue weighted by atomic mass is 10.3. The number of carbonyl (C=O) groups is 1. The zero-order valence-electron chi connectivity index (χ0n) is 17.0. The predicted molar refractivity (Wildman–Crippen MR) is 124 cm³/mol. The first-order chi connectivity index (χ1) is 14.9. The fourth-order valence-electron chi connectivity index (χ4n) is 2.64. The highest BCUT2D eigenvalue weighted by Crippen LogP contribution is 2.27. The Bertz CT molecular complexity index is 1100. The Morgan fingerprint density at radius 3 is 2.45 bits per heavy atom. The van der Waals surface area contributed by atoms with Gasteiger partial charge in [0, 0.05) is 0 Å². The van der Waals surface area contributed by atoms with Crippen LogP contribution >= 0.6 is 23.1 Å². The van der Waals surface area contributed by atoms with Gasteiger partial charge in [-0.1, -0.05) is 48.2 Å². The number of aromatic nitrogens is 2. The third-order valence-corrected chi connectivity index (χ3v) is 7.62. The topological polar surface area (TPSA) is 101 Å². The number of carbonyl (C=O) groups excluding carboxylic acids is 1. The fraction of sp³-hybridized carbons (Fsp3) is 0.250. The van der Waals surface area contributed by atoms with Gasteiger partial charge in [0.15, 0.2) is 4.34 Å².